The van der Waals surface area contributed by atoms with E-state index in [0.29, 0.717) is 12.2 Å². The predicted octanol–water partition coefficient (Wildman–Crippen LogP) is 3.80. The smallest absolute Gasteiger partial charge is 0.328 e. The molecule has 1 saturated heterocycles. The fourth-order valence-corrected chi connectivity index (χ4v) is 4.80. The molecule has 1 aromatic heterocycles. The molecule has 29 heavy (non-hydrogen) atoms. The van der Waals surface area contributed by atoms with Gasteiger partial charge in [0, 0.05) is 23.0 Å². The number of benzene rings is 2. The Morgan fingerprint density at radius 3 is 2.72 bits per heavy atom. The first kappa shape index (κ1) is 17.8. The van der Waals surface area contributed by atoms with Crippen molar-refractivity contribution in [3.8, 4) is 5.75 Å². The van der Waals surface area contributed by atoms with Gasteiger partial charge in [0.25, 0.3) is 5.91 Å². The zero-order chi connectivity index (χ0) is 20.3. The molecule has 5 rings (SSSR count). The molecule has 3 amide bonds. The molecule has 0 saturated carbocycles. The number of hydrogen-bond acceptors (Lipinski definition) is 3. The average molecular weight is 389 g/mol. The van der Waals surface area contributed by atoms with E-state index in [1.165, 1.54) is 4.90 Å². The van der Waals surface area contributed by atoms with Crippen molar-refractivity contribution in [1.82, 2.24) is 14.8 Å². The van der Waals surface area contributed by atoms with Crippen molar-refractivity contribution in [2.24, 2.45) is 0 Å². The van der Waals surface area contributed by atoms with Gasteiger partial charge in [-0.3, -0.25) is 9.69 Å². The number of nitrogens with one attached hydrogen (secondary N) is 1. The Morgan fingerprint density at radius 2 is 1.93 bits per heavy atom. The van der Waals surface area contributed by atoms with Crippen molar-refractivity contribution in [3.63, 3.8) is 0 Å². The summed E-state index contributed by atoms with van der Waals surface area (Å²) in [5.41, 5.74) is 3.45. The van der Waals surface area contributed by atoms with Crippen molar-refractivity contribution in [2.75, 3.05) is 7.11 Å². The van der Waals surface area contributed by atoms with Crippen LogP contribution in [0, 0.1) is 0 Å². The number of rotatable bonds is 3. The molecular formula is C23H23N3O3. The van der Waals surface area contributed by atoms with Crippen molar-refractivity contribution in [1.29, 1.82) is 0 Å². The predicted molar refractivity (Wildman–Crippen MR) is 110 cm³/mol. The summed E-state index contributed by atoms with van der Waals surface area (Å²) in [5, 5.41) is 1.13. The molecule has 0 spiro atoms. The number of ether oxygens (including phenoxy) is 1. The third-order valence-corrected chi connectivity index (χ3v) is 6.20. The van der Waals surface area contributed by atoms with E-state index in [2.05, 4.69) is 11.1 Å². The zero-order valence-corrected chi connectivity index (χ0v) is 16.7. The lowest BCUT2D eigenvalue weighted by Crippen LogP contribution is -2.52. The van der Waals surface area contributed by atoms with Gasteiger partial charge in [-0.2, -0.15) is 0 Å². The molecule has 6 nitrogen and oxygen atoms in total. The molecule has 0 unspecified atom stereocenters. The van der Waals surface area contributed by atoms with Crippen LogP contribution in [0.1, 0.15) is 30.7 Å². The normalized spacial score (nSPS) is 20.2. The molecule has 1 atom stereocenters. The zero-order valence-electron chi connectivity index (χ0n) is 16.7. The number of hydrogen-bond donors (Lipinski definition) is 1. The van der Waals surface area contributed by atoms with E-state index in [4.69, 9.17) is 4.74 Å². The maximum atomic E-state index is 13.3. The first-order valence-corrected chi connectivity index (χ1v) is 9.79. The van der Waals surface area contributed by atoms with Crippen LogP contribution in [0.15, 0.2) is 48.5 Å². The molecule has 0 bridgehead atoms. The molecule has 2 aliphatic rings. The first-order chi connectivity index (χ1) is 13.9. The second kappa shape index (κ2) is 6.11. The van der Waals surface area contributed by atoms with Crippen molar-refractivity contribution in [3.05, 3.63) is 65.4 Å². The third-order valence-electron chi connectivity index (χ3n) is 6.20. The molecule has 148 valence electrons. The van der Waals surface area contributed by atoms with Gasteiger partial charge in [0.15, 0.2) is 0 Å². The Kier molecular flexibility index (Phi) is 3.75. The van der Waals surface area contributed by atoms with Gasteiger partial charge in [-0.1, -0.05) is 30.3 Å². The minimum Gasteiger partial charge on any atom is -0.497 e. The number of fused-ring (bicyclic) bond motifs is 4. The van der Waals surface area contributed by atoms with Crippen molar-refractivity contribution >= 4 is 22.8 Å². The van der Waals surface area contributed by atoms with E-state index >= 15 is 0 Å². The maximum Gasteiger partial charge on any atom is 0.328 e. The number of methoxy groups -OCH3 is 1. The molecule has 2 aromatic carbocycles. The number of amides is 3. The van der Waals surface area contributed by atoms with Gasteiger partial charge in [-0.25, -0.2) is 4.79 Å². The van der Waals surface area contributed by atoms with Crippen LogP contribution in [0.5, 0.6) is 5.75 Å². The van der Waals surface area contributed by atoms with Gasteiger partial charge in [0.2, 0.25) is 0 Å². The largest absolute Gasteiger partial charge is 0.497 e. The van der Waals surface area contributed by atoms with E-state index in [1.54, 1.807) is 12.0 Å². The molecule has 1 N–H and O–H groups in total. The van der Waals surface area contributed by atoms with Crippen LogP contribution in [-0.2, 0) is 23.3 Å². The third kappa shape index (κ3) is 2.48. The van der Waals surface area contributed by atoms with Crippen molar-refractivity contribution < 1.29 is 14.3 Å². The number of carbonyl (C=O) groups is 2. The lowest BCUT2D eigenvalue weighted by atomic mass is 9.85. The van der Waals surface area contributed by atoms with Crippen LogP contribution >= 0.6 is 0 Å². The molecular weight excluding hydrogens is 366 g/mol. The first-order valence-electron chi connectivity index (χ1n) is 9.79. The number of imide groups is 1. The Balaban J connectivity index is 1.53. The van der Waals surface area contributed by atoms with Crippen LogP contribution in [0.4, 0.5) is 4.79 Å². The Hall–Kier alpha value is -3.28. The van der Waals surface area contributed by atoms with E-state index < -0.39 is 11.6 Å². The van der Waals surface area contributed by atoms with Crippen LogP contribution in [0.2, 0.25) is 0 Å². The summed E-state index contributed by atoms with van der Waals surface area (Å²) < 4.78 is 5.27. The number of H-pyrrole nitrogens is 1. The molecule has 0 radical (unpaired) electrons. The van der Waals surface area contributed by atoms with E-state index in [1.807, 2.05) is 56.3 Å². The highest BCUT2D eigenvalue weighted by atomic mass is 16.5. The second-order valence-electron chi connectivity index (χ2n) is 8.23. The van der Waals surface area contributed by atoms with Crippen LogP contribution in [-0.4, -0.2) is 39.9 Å². The molecule has 3 heterocycles. The minimum absolute atomic E-state index is 0.137. The molecule has 3 aromatic rings. The number of urea groups is 1. The van der Waals surface area contributed by atoms with Gasteiger partial charge in [0.05, 0.1) is 19.2 Å². The quantitative estimate of drug-likeness (QED) is 0.693. The lowest BCUT2D eigenvalue weighted by molar-refractivity contribution is -0.129. The summed E-state index contributed by atoms with van der Waals surface area (Å²) in [5.74, 6) is 0.572. The molecule has 1 fully saturated rings. The maximum absolute atomic E-state index is 13.3. The van der Waals surface area contributed by atoms with Gasteiger partial charge in [0.1, 0.15) is 11.8 Å². The van der Waals surface area contributed by atoms with E-state index in [0.717, 1.165) is 27.7 Å². The van der Waals surface area contributed by atoms with E-state index in [-0.39, 0.29) is 18.5 Å². The van der Waals surface area contributed by atoms with Crippen LogP contribution < -0.4 is 4.74 Å². The number of para-hydroxylation sites is 1. The van der Waals surface area contributed by atoms with Crippen molar-refractivity contribution in [2.45, 2.75) is 38.4 Å². The monoisotopic (exact) mass is 389 g/mol. The minimum atomic E-state index is -0.604. The Morgan fingerprint density at radius 1 is 1.14 bits per heavy atom. The fraction of sp³-hybridized carbons (Fsp3) is 0.304. The summed E-state index contributed by atoms with van der Waals surface area (Å²) in [7, 11) is 1.60. The SMILES string of the molecule is COc1cccc(CN2C(=O)[C@H]3Cc4c([nH]c5ccccc45)C(C)(C)N3C2=O)c1. The number of aromatic amines is 1. The number of carbonyl (C=O) groups excluding carboxylic acids is 2. The summed E-state index contributed by atoms with van der Waals surface area (Å²) in [6.45, 7) is 4.26. The average Bonchev–Trinajstić information content (AvgIpc) is 3.21. The Bertz CT molecular complexity index is 1150. The Labute approximate surface area is 169 Å². The van der Waals surface area contributed by atoms with Gasteiger partial charge in [-0.15, -0.1) is 0 Å². The highest BCUT2D eigenvalue weighted by Crippen LogP contribution is 2.44. The van der Waals surface area contributed by atoms with Gasteiger partial charge in [-0.05, 0) is 43.2 Å². The van der Waals surface area contributed by atoms with Gasteiger partial charge >= 0.3 is 6.03 Å². The molecule has 2 aliphatic heterocycles. The van der Waals surface area contributed by atoms with Crippen LogP contribution in [0.25, 0.3) is 10.9 Å². The topological polar surface area (TPSA) is 65.6 Å². The molecule has 0 aliphatic carbocycles. The summed E-state index contributed by atoms with van der Waals surface area (Å²) >= 11 is 0. The lowest BCUT2D eigenvalue weighted by Gasteiger charge is -2.42. The highest BCUT2D eigenvalue weighted by Gasteiger charge is 2.55. The molecule has 6 heteroatoms. The summed E-state index contributed by atoms with van der Waals surface area (Å²) in [4.78, 5) is 33.2. The number of aromatic nitrogens is 1. The fourth-order valence-electron chi connectivity index (χ4n) is 4.80. The number of nitrogens with zero attached hydrogens (tertiary/aromatic N) is 2. The summed E-state index contributed by atoms with van der Waals surface area (Å²) in [6, 6.07) is 14.9. The van der Waals surface area contributed by atoms with Gasteiger partial charge < -0.3 is 14.6 Å². The highest BCUT2D eigenvalue weighted by molar-refractivity contribution is 6.05. The van der Waals surface area contributed by atoms with E-state index in [9.17, 15) is 9.59 Å². The standard InChI is InChI=1S/C23H23N3O3/c1-23(2)20-17(16-9-4-5-10-18(16)24-20)12-19-21(27)25(22(28)26(19)23)13-14-7-6-8-15(11-14)29-3/h4-11,19,24H,12-13H2,1-3H3/t19-/m1/s1. The van der Waals surface area contributed by atoms with Crippen LogP contribution in [0.3, 0.4) is 0 Å². The second-order valence-corrected chi connectivity index (χ2v) is 8.23. The summed E-state index contributed by atoms with van der Waals surface area (Å²) in [6.07, 6.45) is 0.530.